The van der Waals surface area contributed by atoms with Crippen molar-refractivity contribution in [2.24, 2.45) is 0 Å². The quantitative estimate of drug-likeness (QED) is 0.780. The number of nitrogens with one attached hydrogen (secondary N) is 1. The first-order valence-electron chi connectivity index (χ1n) is 7.30. The molecule has 0 radical (unpaired) electrons. The molecular weight excluding hydrogens is 274 g/mol. The van der Waals surface area contributed by atoms with Gasteiger partial charge in [-0.15, -0.1) is 0 Å². The molecule has 1 amide bonds. The highest BCUT2D eigenvalue weighted by Crippen LogP contribution is 2.21. The number of rotatable bonds is 2. The molecule has 0 saturated carbocycles. The van der Waals surface area contributed by atoms with Gasteiger partial charge in [-0.25, -0.2) is 4.98 Å². The zero-order valence-electron chi connectivity index (χ0n) is 13.3. The Hall–Kier alpha value is -2.62. The molecule has 22 heavy (non-hydrogen) atoms. The van der Waals surface area contributed by atoms with E-state index in [4.69, 9.17) is 0 Å². The van der Waals surface area contributed by atoms with Crippen LogP contribution in [0, 0.1) is 27.7 Å². The summed E-state index contributed by atoms with van der Waals surface area (Å²) >= 11 is 0. The molecule has 2 heterocycles. The summed E-state index contributed by atoms with van der Waals surface area (Å²) in [6.45, 7) is 7.86. The second kappa shape index (κ2) is 5.30. The van der Waals surface area contributed by atoms with Gasteiger partial charge in [-0.05, 0) is 56.5 Å². The van der Waals surface area contributed by atoms with E-state index in [1.54, 1.807) is 0 Å². The second-order valence-electron chi connectivity index (χ2n) is 5.70. The number of aromatic nitrogens is 2. The number of benzene rings is 1. The average molecular weight is 293 g/mol. The van der Waals surface area contributed by atoms with E-state index in [1.807, 2.05) is 68.6 Å². The molecule has 4 heteroatoms. The van der Waals surface area contributed by atoms with Crippen molar-refractivity contribution in [1.29, 1.82) is 0 Å². The molecule has 4 nitrogen and oxygen atoms in total. The molecule has 0 aliphatic rings. The number of nitrogens with zero attached hydrogens (tertiary/aromatic N) is 2. The van der Waals surface area contributed by atoms with Crippen LogP contribution in [0.1, 0.15) is 32.9 Å². The van der Waals surface area contributed by atoms with Crippen molar-refractivity contribution in [3.8, 4) is 0 Å². The van der Waals surface area contributed by atoms with Crippen LogP contribution in [0.5, 0.6) is 0 Å². The Bertz CT molecular complexity index is 857. The monoisotopic (exact) mass is 293 g/mol. The average Bonchev–Trinajstić information content (AvgIpc) is 2.78. The topological polar surface area (TPSA) is 46.4 Å². The number of aryl methyl sites for hydroxylation is 4. The summed E-state index contributed by atoms with van der Waals surface area (Å²) in [5.41, 5.74) is 6.20. The first kappa shape index (κ1) is 14.3. The number of para-hydroxylation sites is 1. The van der Waals surface area contributed by atoms with E-state index in [0.29, 0.717) is 5.69 Å². The van der Waals surface area contributed by atoms with Crippen LogP contribution in [0.25, 0.3) is 5.65 Å². The SMILES string of the molecule is Cc1ccn2c(C(=O)Nc3c(C)cccc3C)c(C)nc2c1. The molecule has 3 aromatic rings. The molecule has 112 valence electrons. The lowest BCUT2D eigenvalue weighted by Gasteiger charge is -2.11. The molecule has 2 aromatic heterocycles. The highest BCUT2D eigenvalue weighted by Gasteiger charge is 2.18. The van der Waals surface area contributed by atoms with Crippen molar-refractivity contribution in [1.82, 2.24) is 9.38 Å². The van der Waals surface area contributed by atoms with E-state index in [2.05, 4.69) is 10.3 Å². The highest BCUT2D eigenvalue weighted by atomic mass is 16.2. The van der Waals surface area contributed by atoms with Gasteiger partial charge < -0.3 is 5.32 Å². The number of carbonyl (C=O) groups is 1. The summed E-state index contributed by atoms with van der Waals surface area (Å²) in [4.78, 5) is 17.2. The van der Waals surface area contributed by atoms with Gasteiger partial charge in [0.25, 0.3) is 5.91 Å². The lowest BCUT2D eigenvalue weighted by atomic mass is 10.1. The van der Waals surface area contributed by atoms with Crippen LogP contribution in [0.3, 0.4) is 0 Å². The number of carbonyl (C=O) groups excluding carboxylic acids is 1. The van der Waals surface area contributed by atoms with Crippen molar-refractivity contribution in [3.05, 3.63) is 64.6 Å². The fraction of sp³-hybridized carbons (Fsp3) is 0.222. The molecule has 0 atom stereocenters. The number of fused-ring (bicyclic) bond motifs is 1. The van der Waals surface area contributed by atoms with Crippen molar-refractivity contribution in [3.63, 3.8) is 0 Å². The number of hydrogen-bond donors (Lipinski definition) is 1. The van der Waals surface area contributed by atoms with Gasteiger partial charge in [0.05, 0.1) is 5.69 Å². The van der Waals surface area contributed by atoms with Gasteiger partial charge in [-0.2, -0.15) is 0 Å². The minimum Gasteiger partial charge on any atom is -0.320 e. The van der Waals surface area contributed by atoms with Crippen molar-refractivity contribution in [2.45, 2.75) is 27.7 Å². The van der Waals surface area contributed by atoms with Crippen molar-refractivity contribution >= 4 is 17.2 Å². The third-order valence-corrected chi connectivity index (χ3v) is 3.89. The van der Waals surface area contributed by atoms with Crippen LogP contribution in [-0.2, 0) is 0 Å². The summed E-state index contributed by atoms with van der Waals surface area (Å²) in [5, 5.41) is 3.03. The van der Waals surface area contributed by atoms with E-state index in [-0.39, 0.29) is 5.91 Å². The highest BCUT2D eigenvalue weighted by molar-refractivity contribution is 6.05. The smallest absolute Gasteiger partial charge is 0.274 e. The van der Waals surface area contributed by atoms with Gasteiger partial charge >= 0.3 is 0 Å². The maximum absolute atomic E-state index is 12.7. The Labute approximate surface area is 129 Å². The molecule has 1 aromatic carbocycles. The van der Waals surface area contributed by atoms with E-state index in [9.17, 15) is 4.79 Å². The molecule has 0 aliphatic heterocycles. The third-order valence-electron chi connectivity index (χ3n) is 3.89. The molecule has 3 rings (SSSR count). The Morgan fingerprint density at radius 1 is 1.09 bits per heavy atom. The van der Waals surface area contributed by atoms with Gasteiger partial charge in [0, 0.05) is 11.9 Å². The van der Waals surface area contributed by atoms with Crippen LogP contribution in [0.4, 0.5) is 5.69 Å². The van der Waals surface area contributed by atoms with Gasteiger partial charge in [0.1, 0.15) is 11.3 Å². The Morgan fingerprint density at radius 3 is 2.45 bits per heavy atom. The standard InChI is InChI=1S/C18H19N3O/c1-11-8-9-21-15(10-11)19-14(4)17(21)18(22)20-16-12(2)6-5-7-13(16)3/h5-10H,1-4H3,(H,20,22). The van der Waals surface area contributed by atoms with Crippen LogP contribution in [0.15, 0.2) is 36.5 Å². The lowest BCUT2D eigenvalue weighted by molar-refractivity contribution is 0.102. The van der Waals surface area contributed by atoms with E-state index in [0.717, 1.165) is 33.7 Å². The van der Waals surface area contributed by atoms with Gasteiger partial charge in [-0.3, -0.25) is 9.20 Å². The maximum atomic E-state index is 12.7. The number of hydrogen-bond acceptors (Lipinski definition) is 2. The molecule has 0 saturated heterocycles. The van der Waals surface area contributed by atoms with Gasteiger partial charge in [0.15, 0.2) is 0 Å². The summed E-state index contributed by atoms with van der Waals surface area (Å²) in [6.07, 6.45) is 1.89. The fourth-order valence-electron chi connectivity index (χ4n) is 2.72. The third kappa shape index (κ3) is 2.37. The lowest BCUT2D eigenvalue weighted by Crippen LogP contribution is -2.17. The molecular formula is C18H19N3O. The van der Waals surface area contributed by atoms with E-state index >= 15 is 0 Å². The van der Waals surface area contributed by atoms with Crippen LogP contribution in [-0.4, -0.2) is 15.3 Å². The minimum atomic E-state index is -0.133. The summed E-state index contributed by atoms with van der Waals surface area (Å²) in [6, 6.07) is 9.93. The first-order chi connectivity index (χ1) is 10.5. The molecule has 0 unspecified atom stereocenters. The molecule has 0 spiro atoms. The first-order valence-corrected chi connectivity index (χ1v) is 7.30. The molecule has 0 bridgehead atoms. The number of imidazole rings is 1. The maximum Gasteiger partial charge on any atom is 0.274 e. The number of anilines is 1. The zero-order chi connectivity index (χ0) is 15.9. The second-order valence-corrected chi connectivity index (χ2v) is 5.70. The normalized spacial score (nSPS) is 10.9. The zero-order valence-corrected chi connectivity index (χ0v) is 13.3. The number of amides is 1. The number of pyridine rings is 1. The van der Waals surface area contributed by atoms with Crippen LogP contribution in [0.2, 0.25) is 0 Å². The van der Waals surface area contributed by atoms with E-state index in [1.165, 1.54) is 0 Å². The fourth-order valence-corrected chi connectivity index (χ4v) is 2.72. The predicted octanol–water partition coefficient (Wildman–Crippen LogP) is 3.82. The molecule has 1 N–H and O–H groups in total. The minimum absolute atomic E-state index is 0.133. The van der Waals surface area contributed by atoms with Gasteiger partial charge in [-0.1, -0.05) is 18.2 Å². The summed E-state index contributed by atoms with van der Waals surface area (Å²) in [5.74, 6) is -0.133. The van der Waals surface area contributed by atoms with Crippen LogP contribution >= 0.6 is 0 Å². The predicted molar refractivity (Wildman–Crippen MR) is 88.5 cm³/mol. The Morgan fingerprint density at radius 2 is 1.77 bits per heavy atom. The molecule has 0 fully saturated rings. The van der Waals surface area contributed by atoms with Crippen LogP contribution < -0.4 is 5.32 Å². The molecule has 0 aliphatic carbocycles. The summed E-state index contributed by atoms with van der Waals surface area (Å²) < 4.78 is 1.84. The summed E-state index contributed by atoms with van der Waals surface area (Å²) in [7, 11) is 0. The Kier molecular flexibility index (Phi) is 3.45. The van der Waals surface area contributed by atoms with Crippen molar-refractivity contribution in [2.75, 3.05) is 5.32 Å². The van der Waals surface area contributed by atoms with E-state index < -0.39 is 0 Å². The van der Waals surface area contributed by atoms with Crippen molar-refractivity contribution < 1.29 is 4.79 Å². The Balaban J connectivity index is 2.04. The van der Waals surface area contributed by atoms with Gasteiger partial charge in [0.2, 0.25) is 0 Å². The largest absolute Gasteiger partial charge is 0.320 e.